The van der Waals surface area contributed by atoms with E-state index in [0.717, 1.165) is 46.5 Å². The van der Waals surface area contributed by atoms with Crippen LogP contribution in [-0.2, 0) is 6.42 Å². The molecule has 1 aliphatic rings. The van der Waals surface area contributed by atoms with Gasteiger partial charge in [0.25, 0.3) is 0 Å². The number of azo groups is 1. The predicted molar refractivity (Wildman–Crippen MR) is 116 cm³/mol. The molecule has 1 aromatic heterocycles. The third-order valence-electron chi connectivity index (χ3n) is 4.75. The quantitative estimate of drug-likeness (QED) is 0.306. The van der Waals surface area contributed by atoms with Crippen LogP contribution < -0.4 is 5.43 Å². The van der Waals surface area contributed by atoms with Crippen molar-refractivity contribution < 1.29 is 0 Å². The van der Waals surface area contributed by atoms with Gasteiger partial charge in [-0.1, -0.05) is 47.7 Å². The van der Waals surface area contributed by atoms with Crippen LogP contribution in [0.4, 0.5) is 15.8 Å². The number of hydrazone groups is 1. The van der Waals surface area contributed by atoms with Gasteiger partial charge < -0.3 is 0 Å². The summed E-state index contributed by atoms with van der Waals surface area (Å²) in [5, 5.41) is 14.9. The molecule has 0 atom stereocenters. The standard InChI is InChI=1S/C22H23N5S/c1-15-8-7-11-18(14-15)24-26-21-16(2)23-22(28-21)27-25-20-13-6-4-10-17-9-3-5-12-19(17)20/h3,5,7-9,11-12,14H,4,6,10,13H2,1-2H3,(H,23,27)/b25-20+,26-24?. The van der Waals surface area contributed by atoms with Crippen LogP contribution in [0, 0.1) is 13.8 Å². The first-order chi connectivity index (χ1) is 13.7. The maximum Gasteiger partial charge on any atom is 0.205 e. The lowest BCUT2D eigenvalue weighted by Gasteiger charge is -2.07. The van der Waals surface area contributed by atoms with Crippen molar-refractivity contribution in [1.29, 1.82) is 0 Å². The fourth-order valence-electron chi connectivity index (χ4n) is 3.32. The Hall–Kier alpha value is -2.86. The van der Waals surface area contributed by atoms with Crippen LogP contribution >= 0.6 is 11.3 Å². The van der Waals surface area contributed by atoms with Gasteiger partial charge >= 0.3 is 0 Å². The van der Waals surface area contributed by atoms with E-state index in [1.54, 1.807) is 0 Å². The molecule has 3 aromatic rings. The summed E-state index contributed by atoms with van der Waals surface area (Å²) in [5.41, 5.74) is 9.74. The Bertz CT molecular complexity index is 1030. The van der Waals surface area contributed by atoms with E-state index in [1.165, 1.54) is 34.4 Å². The fraction of sp³-hybridized carbons (Fsp3) is 0.273. The van der Waals surface area contributed by atoms with Gasteiger partial charge in [0.05, 0.1) is 17.1 Å². The molecule has 0 saturated carbocycles. The molecular weight excluding hydrogens is 366 g/mol. The highest BCUT2D eigenvalue weighted by atomic mass is 32.1. The van der Waals surface area contributed by atoms with Crippen LogP contribution in [0.1, 0.15) is 41.6 Å². The van der Waals surface area contributed by atoms with E-state index in [1.807, 2.05) is 38.1 Å². The number of aromatic nitrogens is 1. The van der Waals surface area contributed by atoms with Crippen molar-refractivity contribution in [2.24, 2.45) is 15.3 Å². The molecule has 0 bridgehead atoms. The Kier molecular flexibility index (Phi) is 5.58. The summed E-state index contributed by atoms with van der Waals surface area (Å²) >= 11 is 1.47. The predicted octanol–water partition coefficient (Wildman–Crippen LogP) is 6.72. The van der Waals surface area contributed by atoms with Gasteiger partial charge in [0.15, 0.2) is 5.00 Å². The van der Waals surface area contributed by atoms with Crippen molar-refractivity contribution >= 4 is 32.9 Å². The summed E-state index contributed by atoms with van der Waals surface area (Å²) in [6.45, 7) is 3.99. The molecule has 28 heavy (non-hydrogen) atoms. The van der Waals surface area contributed by atoms with Gasteiger partial charge in [-0.3, -0.25) is 5.43 Å². The Labute approximate surface area is 169 Å². The van der Waals surface area contributed by atoms with Gasteiger partial charge in [-0.2, -0.15) is 5.10 Å². The molecule has 0 saturated heterocycles. The summed E-state index contributed by atoms with van der Waals surface area (Å²) in [6, 6.07) is 16.5. The second-order valence-electron chi connectivity index (χ2n) is 6.98. The number of benzene rings is 2. The molecule has 4 rings (SSSR count). The Balaban J connectivity index is 1.52. The SMILES string of the molecule is Cc1cccc(N=Nc2sc(N/N=C3\CCCCc4ccccc43)nc2C)c1. The lowest BCUT2D eigenvalue weighted by molar-refractivity contribution is 0.776. The number of hydrogen-bond acceptors (Lipinski definition) is 6. The minimum atomic E-state index is 0.741. The second-order valence-corrected chi connectivity index (χ2v) is 7.96. The smallest absolute Gasteiger partial charge is 0.205 e. The van der Waals surface area contributed by atoms with E-state index >= 15 is 0 Å². The van der Waals surface area contributed by atoms with Crippen LogP contribution in [0.3, 0.4) is 0 Å². The second kappa shape index (κ2) is 8.44. The molecule has 2 aromatic carbocycles. The Morgan fingerprint density at radius 1 is 0.964 bits per heavy atom. The van der Waals surface area contributed by atoms with Gasteiger partial charge in [0, 0.05) is 5.56 Å². The fourth-order valence-corrected chi connectivity index (χ4v) is 4.05. The summed E-state index contributed by atoms with van der Waals surface area (Å²) in [5.74, 6) is 0. The molecule has 142 valence electrons. The average Bonchev–Trinajstić information content (AvgIpc) is 2.92. The van der Waals surface area contributed by atoms with Gasteiger partial charge in [0.2, 0.25) is 5.13 Å². The Morgan fingerprint density at radius 2 is 1.82 bits per heavy atom. The van der Waals surface area contributed by atoms with Crippen molar-refractivity contribution in [3.8, 4) is 0 Å². The number of anilines is 1. The third-order valence-corrected chi connectivity index (χ3v) is 5.70. The molecule has 1 heterocycles. The van der Waals surface area contributed by atoms with Crippen molar-refractivity contribution in [2.75, 3.05) is 5.43 Å². The van der Waals surface area contributed by atoms with Crippen LogP contribution in [0.2, 0.25) is 0 Å². The third kappa shape index (κ3) is 4.34. The molecule has 5 nitrogen and oxygen atoms in total. The van der Waals surface area contributed by atoms with Crippen LogP contribution in [0.15, 0.2) is 63.9 Å². The van der Waals surface area contributed by atoms with E-state index in [2.05, 4.69) is 50.0 Å². The number of rotatable bonds is 4. The highest BCUT2D eigenvalue weighted by Crippen LogP contribution is 2.32. The van der Waals surface area contributed by atoms with E-state index in [-0.39, 0.29) is 0 Å². The summed E-state index contributed by atoms with van der Waals surface area (Å²) in [6.07, 6.45) is 4.46. The van der Waals surface area contributed by atoms with Gasteiger partial charge in [-0.05, 0) is 62.8 Å². The molecule has 1 aliphatic carbocycles. The zero-order valence-electron chi connectivity index (χ0n) is 16.1. The van der Waals surface area contributed by atoms with Crippen LogP contribution in [0.5, 0.6) is 0 Å². The maximum absolute atomic E-state index is 4.68. The molecule has 0 unspecified atom stereocenters. The van der Waals surface area contributed by atoms with Gasteiger partial charge in [-0.25, -0.2) is 4.98 Å². The normalized spacial score (nSPS) is 15.6. The van der Waals surface area contributed by atoms with Crippen LogP contribution in [0.25, 0.3) is 0 Å². The molecule has 1 N–H and O–H groups in total. The lowest BCUT2D eigenvalue weighted by Crippen LogP contribution is -2.05. The number of nitrogens with zero attached hydrogens (tertiary/aromatic N) is 4. The molecular formula is C22H23N5S. The van der Waals surface area contributed by atoms with Crippen molar-refractivity contribution in [2.45, 2.75) is 39.5 Å². The molecule has 0 spiro atoms. The van der Waals surface area contributed by atoms with Crippen molar-refractivity contribution in [3.05, 3.63) is 70.9 Å². The lowest BCUT2D eigenvalue weighted by atomic mass is 10.0. The summed E-state index contributed by atoms with van der Waals surface area (Å²) in [7, 11) is 0. The van der Waals surface area contributed by atoms with Crippen molar-refractivity contribution in [3.63, 3.8) is 0 Å². The monoisotopic (exact) mass is 389 g/mol. The zero-order valence-corrected chi connectivity index (χ0v) is 17.0. The number of thiazole rings is 1. The molecule has 0 radical (unpaired) electrons. The first kappa shape index (κ1) is 18.5. The highest BCUT2D eigenvalue weighted by Gasteiger charge is 2.14. The summed E-state index contributed by atoms with van der Waals surface area (Å²) in [4.78, 5) is 4.55. The van der Waals surface area contributed by atoms with Crippen molar-refractivity contribution in [1.82, 2.24) is 4.98 Å². The van der Waals surface area contributed by atoms with Gasteiger partial charge in [0.1, 0.15) is 0 Å². The maximum atomic E-state index is 4.68. The molecule has 6 heteroatoms. The average molecular weight is 390 g/mol. The first-order valence-electron chi connectivity index (χ1n) is 9.56. The summed E-state index contributed by atoms with van der Waals surface area (Å²) < 4.78 is 0. The van der Waals surface area contributed by atoms with Crippen LogP contribution in [-0.4, -0.2) is 10.7 Å². The van der Waals surface area contributed by atoms with E-state index in [0.29, 0.717) is 0 Å². The largest absolute Gasteiger partial charge is 0.252 e. The molecule has 0 fully saturated rings. The van der Waals surface area contributed by atoms with E-state index in [9.17, 15) is 0 Å². The zero-order chi connectivity index (χ0) is 19.3. The molecule has 0 aliphatic heterocycles. The molecule has 0 amide bonds. The van der Waals surface area contributed by atoms with Gasteiger partial charge in [-0.15, -0.1) is 10.2 Å². The Morgan fingerprint density at radius 3 is 2.71 bits per heavy atom. The number of hydrogen-bond donors (Lipinski definition) is 1. The first-order valence-corrected chi connectivity index (χ1v) is 10.4. The highest BCUT2D eigenvalue weighted by molar-refractivity contribution is 7.19. The van der Waals surface area contributed by atoms with E-state index in [4.69, 9.17) is 0 Å². The number of nitrogens with one attached hydrogen (secondary N) is 1. The number of fused-ring (bicyclic) bond motifs is 1. The number of aryl methyl sites for hydroxylation is 3. The minimum absolute atomic E-state index is 0.741. The minimum Gasteiger partial charge on any atom is -0.252 e. The topological polar surface area (TPSA) is 62.0 Å². The van der Waals surface area contributed by atoms with E-state index < -0.39 is 0 Å².